The number of benzene rings is 2. The van der Waals surface area contributed by atoms with Gasteiger partial charge in [-0.3, -0.25) is 4.79 Å². The number of carbonyl (C=O) groups excluding carboxylic acids is 1. The van der Waals surface area contributed by atoms with E-state index in [1.807, 2.05) is 41.8 Å². The summed E-state index contributed by atoms with van der Waals surface area (Å²) in [7, 11) is 1.67. The van der Waals surface area contributed by atoms with Crippen LogP contribution in [0.4, 0.5) is 4.39 Å². The number of fused-ring (bicyclic) bond motifs is 1. The van der Waals surface area contributed by atoms with Gasteiger partial charge in [0.05, 0.1) is 17.1 Å². The minimum atomic E-state index is -0.394. The Hall–Kier alpha value is -3.72. The van der Waals surface area contributed by atoms with Gasteiger partial charge in [-0.25, -0.2) is 14.1 Å². The highest BCUT2D eigenvalue weighted by atomic mass is 32.1. The maximum atomic E-state index is 13.8. The van der Waals surface area contributed by atoms with Crippen molar-refractivity contribution in [3.63, 3.8) is 0 Å². The molecule has 1 aliphatic heterocycles. The van der Waals surface area contributed by atoms with Gasteiger partial charge in [0.15, 0.2) is 23.4 Å². The predicted octanol–water partition coefficient (Wildman–Crippen LogP) is 4.05. The van der Waals surface area contributed by atoms with Crippen molar-refractivity contribution in [1.82, 2.24) is 19.7 Å². The molecule has 1 amide bonds. The molecule has 2 aromatic heterocycles. The molecule has 4 aromatic rings. The average Bonchev–Trinajstić information content (AvgIpc) is 3.48. The van der Waals surface area contributed by atoms with Gasteiger partial charge in [-0.05, 0) is 41.8 Å². The van der Waals surface area contributed by atoms with Gasteiger partial charge in [0.2, 0.25) is 5.82 Å². The molecule has 1 atom stereocenters. The molecule has 7 nitrogen and oxygen atoms in total. The van der Waals surface area contributed by atoms with Gasteiger partial charge in [0, 0.05) is 7.05 Å². The summed E-state index contributed by atoms with van der Waals surface area (Å²) in [4.78, 5) is 19.9. The van der Waals surface area contributed by atoms with E-state index in [0.29, 0.717) is 36.2 Å². The Balaban J connectivity index is 1.39. The van der Waals surface area contributed by atoms with Crippen LogP contribution in [0, 0.1) is 5.82 Å². The Labute approximate surface area is 187 Å². The lowest BCUT2D eigenvalue weighted by Gasteiger charge is -2.29. The third kappa shape index (κ3) is 3.94. The van der Waals surface area contributed by atoms with Crippen LogP contribution < -0.4 is 9.47 Å². The summed E-state index contributed by atoms with van der Waals surface area (Å²) in [5, 5.41) is 6.32. The highest BCUT2D eigenvalue weighted by Crippen LogP contribution is 2.31. The molecule has 2 aromatic carbocycles. The molecular formula is C23H19FN4O3S. The number of hydrogen-bond donors (Lipinski definition) is 0. The Morgan fingerprint density at radius 2 is 2.03 bits per heavy atom. The maximum absolute atomic E-state index is 13.8. The average molecular weight is 450 g/mol. The lowest BCUT2D eigenvalue weighted by atomic mass is 10.2. The monoisotopic (exact) mass is 450 g/mol. The quantitative estimate of drug-likeness (QED) is 0.459. The number of aromatic nitrogens is 3. The van der Waals surface area contributed by atoms with Gasteiger partial charge in [-0.15, -0.1) is 16.4 Å². The Morgan fingerprint density at radius 3 is 2.81 bits per heavy atom. The number of likely N-dealkylation sites (N-methyl/N-ethyl adjacent to an activating group) is 1. The zero-order valence-electron chi connectivity index (χ0n) is 17.1. The summed E-state index contributed by atoms with van der Waals surface area (Å²) in [6.45, 7) is 0.635. The molecule has 0 saturated carbocycles. The molecule has 32 heavy (non-hydrogen) atoms. The van der Waals surface area contributed by atoms with Crippen LogP contribution in [0.2, 0.25) is 0 Å². The number of ether oxygens (including phenoxy) is 2. The molecule has 0 radical (unpaired) electrons. The van der Waals surface area contributed by atoms with Crippen molar-refractivity contribution >= 4 is 17.2 Å². The van der Waals surface area contributed by atoms with Crippen LogP contribution in [0.3, 0.4) is 0 Å². The Kier molecular flexibility index (Phi) is 5.32. The molecule has 5 rings (SSSR count). The van der Waals surface area contributed by atoms with E-state index in [2.05, 4.69) is 10.1 Å². The van der Waals surface area contributed by atoms with E-state index in [0.717, 1.165) is 4.88 Å². The van der Waals surface area contributed by atoms with E-state index in [4.69, 9.17) is 9.47 Å². The van der Waals surface area contributed by atoms with E-state index in [-0.39, 0.29) is 17.8 Å². The van der Waals surface area contributed by atoms with Crippen LogP contribution in [-0.2, 0) is 0 Å². The van der Waals surface area contributed by atoms with Gasteiger partial charge in [-0.2, -0.15) is 0 Å². The van der Waals surface area contributed by atoms with E-state index in [9.17, 15) is 9.18 Å². The van der Waals surface area contributed by atoms with Crippen LogP contribution in [0.15, 0.2) is 66.0 Å². The Morgan fingerprint density at radius 1 is 1.19 bits per heavy atom. The van der Waals surface area contributed by atoms with E-state index < -0.39 is 5.82 Å². The fraction of sp³-hybridized carbons (Fsp3) is 0.174. The summed E-state index contributed by atoms with van der Waals surface area (Å²) >= 11 is 1.47. The summed E-state index contributed by atoms with van der Waals surface area (Å²) < 4.78 is 27.0. The van der Waals surface area contributed by atoms with Crippen molar-refractivity contribution < 1.29 is 18.7 Å². The molecule has 9 heteroatoms. The number of nitrogens with zero attached hydrogens (tertiary/aromatic N) is 4. The molecular weight excluding hydrogens is 431 g/mol. The van der Waals surface area contributed by atoms with Crippen molar-refractivity contribution in [2.24, 2.45) is 0 Å². The Bertz CT molecular complexity index is 1260. The minimum absolute atomic E-state index is 0.0253. The first kappa shape index (κ1) is 20.2. The van der Waals surface area contributed by atoms with Crippen LogP contribution in [-0.4, -0.2) is 51.9 Å². The topological polar surface area (TPSA) is 69.5 Å². The fourth-order valence-electron chi connectivity index (χ4n) is 3.47. The number of amides is 1. The number of para-hydroxylation sites is 2. The van der Waals surface area contributed by atoms with Crippen molar-refractivity contribution in [1.29, 1.82) is 0 Å². The van der Waals surface area contributed by atoms with Crippen LogP contribution in [0.25, 0.3) is 16.4 Å². The van der Waals surface area contributed by atoms with E-state index in [1.165, 1.54) is 33.1 Å². The lowest BCUT2D eigenvalue weighted by Crippen LogP contribution is -2.42. The van der Waals surface area contributed by atoms with Gasteiger partial charge >= 0.3 is 0 Å². The second-order valence-electron chi connectivity index (χ2n) is 7.31. The highest BCUT2D eigenvalue weighted by molar-refractivity contribution is 7.13. The molecule has 0 bridgehead atoms. The van der Waals surface area contributed by atoms with Gasteiger partial charge in [-0.1, -0.05) is 24.3 Å². The van der Waals surface area contributed by atoms with Crippen LogP contribution in [0.1, 0.15) is 10.6 Å². The molecule has 0 N–H and O–H groups in total. The second-order valence-corrected chi connectivity index (χ2v) is 8.26. The molecule has 0 saturated heterocycles. The zero-order chi connectivity index (χ0) is 22.1. The third-order valence-corrected chi connectivity index (χ3v) is 5.85. The number of rotatable bonds is 5. The number of carbonyl (C=O) groups is 1. The minimum Gasteiger partial charge on any atom is -0.486 e. The summed E-state index contributed by atoms with van der Waals surface area (Å²) in [5.74, 6) is 1.09. The van der Waals surface area contributed by atoms with Gasteiger partial charge in [0.25, 0.3) is 5.91 Å². The molecule has 0 spiro atoms. The van der Waals surface area contributed by atoms with Crippen LogP contribution in [0.5, 0.6) is 11.5 Å². The molecule has 1 unspecified atom stereocenters. The van der Waals surface area contributed by atoms with Gasteiger partial charge in [0.1, 0.15) is 12.4 Å². The SMILES string of the molecule is CN(CC1COc2ccccc2O1)C(=O)c1nc(-c2cccs2)n(-c2cccc(F)c2)n1. The van der Waals surface area contributed by atoms with Crippen molar-refractivity contribution in [3.05, 3.63) is 77.7 Å². The zero-order valence-corrected chi connectivity index (χ0v) is 18.0. The smallest absolute Gasteiger partial charge is 0.293 e. The van der Waals surface area contributed by atoms with Crippen molar-refractivity contribution in [2.75, 3.05) is 20.2 Å². The lowest BCUT2D eigenvalue weighted by molar-refractivity contribution is 0.0513. The van der Waals surface area contributed by atoms with Crippen molar-refractivity contribution in [3.8, 4) is 27.9 Å². The number of hydrogen-bond acceptors (Lipinski definition) is 6. The first-order chi connectivity index (χ1) is 15.6. The molecule has 1 aliphatic rings. The first-order valence-electron chi connectivity index (χ1n) is 9.99. The number of thiophene rings is 1. The standard InChI is InChI=1S/C23H19FN4O3S/c1-27(13-17-14-30-18-8-2-3-9-19(18)31-17)23(29)21-25-22(20-10-5-11-32-20)28(26-21)16-7-4-6-15(24)12-16/h2-12,17H,13-14H2,1H3. The molecule has 0 aliphatic carbocycles. The predicted molar refractivity (Wildman–Crippen MR) is 118 cm³/mol. The molecule has 162 valence electrons. The van der Waals surface area contributed by atoms with Crippen LogP contribution >= 0.6 is 11.3 Å². The van der Waals surface area contributed by atoms with Crippen molar-refractivity contribution in [2.45, 2.75) is 6.10 Å². The summed E-state index contributed by atoms with van der Waals surface area (Å²) in [5.41, 5.74) is 0.489. The number of halogens is 1. The normalized spacial score (nSPS) is 14.9. The fourth-order valence-corrected chi connectivity index (χ4v) is 4.17. The third-order valence-electron chi connectivity index (χ3n) is 4.98. The maximum Gasteiger partial charge on any atom is 0.293 e. The first-order valence-corrected chi connectivity index (χ1v) is 10.9. The van der Waals surface area contributed by atoms with Gasteiger partial charge < -0.3 is 14.4 Å². The van der Waals surface area contributed by atoms with E-state index in [1.54, 1.807) is 19.2 Å². The highest BCUT2D eigenvalue weighted by Gasteiger charge is 2.27. The second kappa shape index (κ2) is 8.43. The molecule has 0 fully saturated rings. The largest absolute Gasteiger partial charge is 0.486 e. The molecule has 3 heterocycles. The summed E-state index contributed by atoms with van der Waals surface area (Å²) in [6, 6.07) is 17.2. The van der Waals surface area contributed by atoms with E-state index >= 15 is 0 Å². The summed E-state index contributed by atoms with van der Waals surface area (Å²) in [6.07, 6.45) is -0.319.